The molecular formula is C13H23N3O3S. The monoisotopic (exact) mass is 301 g/mol. The highest BCUT2D eigenvalue weighted by Gasteiger charge is 2.28. The van der Waals surface area contributed by atoms with Gasteiger partial charge in [-0.05, 0) is 25.5 Å². The average Bonchev–Trinajstić information content (AvgIpc) is 2.47. The van der Waals surface area contributed by atoms with Crippen molar-refractivity contribution in [2.45, 2.75) is 31.8 Å². The summed E-state index contributed by atoms with van der Waals surface area (Å²) in [6.45, 7) is 4.14. The van der Waals surface area contributed by atoms with Crippen molar-refractivity contribution in [3.05, 3.63) is 0 Å². The number of nitrogens with zero attached hydrogens (tertiary/aromatic N) is 2. The van der Waals surface area contributed by atoms with E-state index in [1.807, 2.05) is 16.7 Å². The molecule has 2 unspecified atom stereocenters. The van der Waals surface area contributed by atoms with Crippen LogP contribution in [0.15, 0.2) is 0 Å². The second-order valence-corrected chi connectivity index (χ2v) is 6.55. The van der Waals surface area contributed by atoms with Gasteiger partial charge in [-0.15, -0.1) is 0 Å². The number of urea groups is 1. The van der Waals surface area contributed by atoms with Crippen LogP contribution in [-0.2, 0) is 4.79 Å². The van der Waals surface area contributed by atoms with Crippen molar-refractivity contribution in [3.63, 3.8) is 0 Å². The molecule has 0 radical (unpaired) electrons. The summed E-state index contributed by atoms with van der Waals surface area (Å²) >= 11 is 1.89. The van der Waals surface area contributed by atoms with Crippen LogP contribution < -0.4 is 5.32 Å². The Morgan fingerprint density at radius 3 is 2.55 bits per heavy atom. The maximum absolute atomic E-state index is 12.1. The van der Waals surface area contributed by atoms with Gasteiger partial charge in [0.25, 0.3) is 0 Å². The molecule has 2 fully saturated rings. The number of hydrogen-bond donors (Lipinski definition) is 2. The van der Waals surface area contributed by atoms with E-state index in [1.165, 1.54) is 12.2 Å². The molecule has 0 aliphatic carbocycles. The number of thioether (sulfide) groups is 1. The third-order valence-corrected chi connectivity index (χ3v) is 5.21. The fourth-order valence-electron chi connectivity index (χ4n) is 2.59. The molecule has 0 aromatic carbocycles. The van der Waals surface area contributed by atoms with E-state index in [4.69, 9.17) is 5.11 Å². The van der Waals surface area contributed by atoms with Crippen LogP contribution in [0, 0.1) is 0 Å². The molecule has 114 valence electrons. The lowest BCUT2D eigenvalue weighted by molar-refractivity contribution is -0.143. The Kier molecular flexibility index (Phi) is 5.54. The van der Waals surface area contributed by atoms with E-state index in [9.17, 15) is 9.59 Å². The fraction of sp³-hybridized carbons (Fsp3) is 0.846. The largest absolute Gasteiger partial charge is 0.480 e. The van der Waals surface area contributed by atoms with E-state index >= 15 is 0 Å². The summed E-state index contributed by atoms with van der Waals surface area (Å²) in [4.78, 5) is 26.8. The Balaban J connectivity index is 1.75. The highest BCUT2D eigenvalue weighted by molar-refractivity contribution is 7.99. The fourth-order valence-corrected chi connectivity index (χ4v) is 3.66. The highest BCUT2D eigenvalue weighted by Crippen LogP contribution is 2.17. The molecule has 0 aromatic rings. The summed E-state index contributed by atoms with van der Waals surface area (Å²) in [5.74, 6) is 1.39. The second-order valence-electron chi connectivity index (χ2n) is 5.40. The summed E-state index contributed by atoms with van der Waals surface area (Å²) in [6, 6.07) is -0.188. The minimum atomic E-state index is -0.804. The minimum absolute atomic E-state index is 0.000119. The number of carboxylic acid groups (broad SMARTS) is 1. The van der Waals surface area contributed by atoms with Crippen molar-refractivity contribution in [1.82, 2.24) is 15.1 Å². The molecule has 2 rings (SSSR count). The lowest BCUT2D eigenvalue weighted by atomic mass is 10.2. The number of carboxylic acids is 1. The van der Waals surface area contributed by atoms with Crippen LogP contribution in [0.4, 0.5) is 4.79 Å². The topological polar surface area (TPSA) is 72.9 Å². The van der Waals surface area contributed by atoms with Crippen LogP contribution in [0.2, 0.25) is 0 Å². The van der Waals surface area contributed by atoms with Crippen molar-refractivity contribution in [3.8, 4) is 0 Å². The molecular weight excluding hydrogens is 278 g/mol. The Labute approximate surface area is 123 Å². The van der Waals surface area contributed by atoms with Gasteiger partial charge in [0, 0.05) is 38.0 Å². The zero-order valence-electron chi connectivity index (χ0n) is 11.9. The molecule has 7 heteroatoms. The zero-order chi connectivity index (χ0) is 14.5. The van der Waals surface area contributed by atoms with E-state index in [-0.39, 0.29) is 12.1 Å². The first-order chi connectivity index (χ1) is 9.58. The zero-order valence-corrected chi connectivity index (χ0v) is 12.7. The Hall–Kier alpha value is -0.950. The van der Waals surface area contributed by atoms with Gasteiger partial charge in [-0.1, -0.05) is 0 Å². The van der Waals surface area contributed by atoms with Gasteiger partial charge in [0.1, 0.15) is 6.04 Å². The minimum Gasteiger partial charge on any atom is -0.480 e. The first-order valence-corrected chi connectivity index (χ1v) is 8.33. The molecule has 2 aliphatic heterocycles. The second kappa shape index (κ2) is 7.17. The van der Waals surface area contributed by atoms with Gasteiger partial charge < -0.3 is 15.3 Å². The lowest BCUT2D eigenvalue weighted by Gasteiger charge is -2.37. The predicted octanol–water partition coefficient (Wildman–Crippen LogP) is 0.682. The van der Waals surface area contributed by atoms with Gasteiger partial charge in [-0.3, -0.25) is 9.69 Å². The third kappa shape index (κ3) is 4.02. The van der Waals surface area contributed by atoms with E-state index in [1.54, 1.807) is 11.8 Å². The summed E-state index contributed by atoms with van der Waals surface area (Å²) < 4.78 is 0. The summed E-state index contributed by atoms with van der Waals surface area (Å²) in [5, 5.41) is 12.1. The smallest absolute Gasteiger partial charge is 0.320 e. The van der Waals surface area contributed by atoms with Gasteiger partial charge in [0.15, 0.2) is 0 Å². The number of carbonyl (C=O) groups is 2. The number of carbonyl (C=O) groups excluding carboxylic acids is 1. The summed E-state index contributed by atoms with van der Waals surface area (Å²) in [5.41, 5.74) is 0. The standard InChI is InChI=1S/C13H23N3O3S/c1-10(12(17)18)15-4-6-16(7-5-15)13(19)14-11-3-2-8-20-9-11/h10-11H,2-9H2,1H3,(H,14,19)(H,17,18). The van der Waals surface area contributed by atoms with Gasteiger partial charge in [0.05, 0.1) is 0 Å². The van der Waals surface area contributed by atoms with Crippen molar-refractivity contribution in [2.24, 2.45) is 0 Å². The number of aliphatic carboxylic acids is 1. The van der Waals surface area contributed by atoms with Crippen molar-refractivity contribution in [1.29, 1.82) is 0 Å². The molecule has 20 heavy (non-hydrogen) atoms. The lowest BCUT2D eigenvalue weighted by Crippen LogP contribution is -2.56. The molecule has 0 saturated carbocycles. The molecule has 2 N–H and O–H groups in total. The van der Waals surface area contributed by atoms with Gasteiger partial charge >= 0.3 is 12.0 Å². The van der Waals surface area contributed by atoms with Crippen LogP contribution in [0.25, 0.3) is 0 Å². The van der Waals surface area contributed by atoms with Crippen LogP contribution in [0.5, 0.6) is 0 Å². The summed E-state index contributed by atoms with van der Waals surface area (Å²) in [6.07, 6.45) is 2.23. The molecule has 2 saturated heterocycles. The average molecular weight is 301 g/mol. The van der Waals surface area contributed by atoms with Crippen LogP contribution >= 0.6 is 11.8 Å². The molecule has 2 atom stereocenters. The van der Waals surface area contributed by atoms with E-state index in [0.29, 0.717) is 26.2 Å². The Bertz CT molecular complexity index is 353. The number of nitrogens with one attached hydrogen (secondary N) is 1. The number of rotatable bonds is 3. The van der Waals surface area contributed by atoms with E-state index in [0.717, 1.165) is 12.2 Å². The number of piperazine rings is 1. The third-order valence-electron chi connectivity index (χ3n) is 3.99. The number of amides is 2. The Morgan fingerprint density at radius 1 is 1.30 bits per heavy atom. The summed E-state index contributed by atoms with van der Waals surface area (Å²) in [7, 11) is 0. The molecule has 0 bridgehead atoms. The van der Waals surface area contributed by atoms with Crippen LogP contribution in [0.1, 0.15) is 19.8 Å². The predicted molar refractivity (Wildman–Crippen MR) is 79.1 cm³/mol. The van der Waals surface area contributed by atoms with Crippen LogP contribution in [-0.4, -0.2) is 76.7 Å². The van der Waals surface area contributed by atoms with Gasteiger partial charge in [-0.2, -0.15) is 11.8 Å². The van der Waals surface area contributed by atoms with Crippen molar-refractivity contribution >= 4 is 23.8 Å². The first-order valence-electron chi connectivity index (χ1n) is 7.18. The van der Waals surface area contributed by atoms with Crippen LogP contribution in [0.3, 0.4) is 0 Å². The molecule has 6 nitrogen and oxygen atoms in total. The normalized spacial score (nSPS) is 26.1. The first kappa shape index (κ1) is 15.4. The molecule has 2 amide bonds. The SMILES string of the molecule is CC(C(=O)O)N1CCN(C(=O)NC2CCCSC2)CC1. The molecule has 2 heterocycles. The van der Waals surface area contributed by atoms with E-state index < -0.39 is 12.0 Å². The number of hydrogen-bond acceptors (Lipinski definition) is 4. The van der Waals surface area contributed by atoms with Gasteiger partial charge in [-0.25, -0.2) is 4.79 Å². The Morgan fingerprint density at radius 2 is 2.00 bits per heavy atom. The molecule has 2 aliphatic rings. The quantitative estimate of drug-likeness (QED) is 0.802. The van der Waals surface area contributed by atoms with Gasteiger partial charge in [0.2, 0.25) is 0 Å². The van der Waals surface area contributed by atoms with Crippen molar-refractivity contribution in [2.75, 3.05) is 37.7 Å². The van der Waals surface area contributed by atoms with E-state index in [2.05, 4.69) is 5.32 Å². The highest BCUT2D eigenvalue weighted by atomic mass is 32.2. The maximum atomic E-state index is 12.1. The molecule has 0 spiro atoms. The van der Waals surface area contributed by atoms with Crippen molar-refractivity contribution < 1.29 is 14.7 Å². The molecule has 0 aromatic heterocycles. The maximum Gasteiger partial charge on any atom is 0.320 e.